The molecule has 1 aromatic rings. The SMILES string of the molecule is CC1(C2CCCN(Cc3ccc(F)cc3)C2)NC(=O)NC1=O. The highest BCUT2D eigenvalue weighted by Crippen LogP contribution is 2.30. The Labute approximate surface area is 128 Å². The van der Waals surface area contributed by atoms with Gasteiger partial charge < -0.3 is 5.32 Å². The Balaban J connectivity index is 1.68. The van der Waals surface area contributed by atoms with Crippen molar-refractivity contribution in [3.8, 4) is 0 Å². The molecule has 2 saturated heterocycles. The number of likely N-dealkylation sites (tertiary alicyclic amines) is 1. The van der Waals surface area contributed by atoms with E-state index in [1.807, 2.05) is 0 Å². The summed E-state index contributed by atoms with van der Waals surface area (Å²) in [6.45, 7) is 4.20. The van der Waals surface area contributed by atoms with E-state index in [2.05, 4.69) is 15.5 Å². The number of hydrogen-bond donors (Lipinski definition) is 2. The number of piperidine rings is 1. The highest BCUT2D eigenvalue weighted by molar-refractivity contribution is 6.06. The maximum atomic E-state index is 13.0. The zero-order chi connectivity index (χ0) is 15.7. The molecule has 0 bridgehead atoms. The number of imide groups is 1. The van der Waals surface area contributed by atoms with E-state index in [0.29, 0.717) is 0 Å². The van der Waals surface area contributed by atoms with E-state index in [1.54, 1.807) is 19.1 Å². The van der Waals surface area contributed by atoms with Gasteiger partial charge in [-0.3, -0.25) is 15.0 Å². The van der Waals surface area contributed by atoms with Gasteiger partial charge in [0.1, 0.15) is 11.4 Å². The summed E-state index contributed by atoms with van der Waals surface area (Å²) in [6.07, 6.45) is 1.88. The van der Waals surface area contributed by atoms with Crippen LogP contribution in [0.4, 0.5) is 9.18 Å². The lowest BCUT2D eigenvalue weighted by atomic mass is 9.80. The van der Waals surface area contributed by atoms with E-state index in [1.165, 1.54) is 12.1 Å². The normalized spacial score (nSPS) is 29.3. The fraction of sp³-hybridized carbons (Fsp3) is 0.500. The van der Waals surface area contributed by atoms with Crippen LogP contribution in [-0.4, -0.2) is 35.5 Å². The molecule has 118 valence electrons. The molecule has 3 amide bonds. The quantitative estimate of drug-likeness (QED) is 0.835. The second-order valence-corrected chi connectivity index (χ2v) is 6.31. The van der Waals surface area contributed by atoms with Gasteiger partial charge in [-0.05, 0) is 44.0 Å². The van der Waals surface area contributed by atoms with Gasteiger partial charge in [0.25, 0.3) is 5.91 Å². The molecule has 0 aliphatic carbocycles. The predicted octanol–water partition coefficient (Wildman–Crippen LogP) is 1.64. The molecule has 2 aliphatic heterocycles. The zero-order valence-electron chi connectivity index (χ0n) is 12.6. The number of nitrogens with one attached hydrogen (secondary N) is 2. The Morgan fingerprint density at radius 3 is 2.68 bits per heavy atom. The summed E-state index contributed by atoms with van der Waals surface area (Å²) in [4.78, 5) is 25.7. The smallest absolute Gasteiger partial charge is 0.322 e. The average molecular weight is 305 g/mol. The standard InChI is InChI=1S/C16H20FN3O2/c1-16(14(21)18-15(22)19-16)12-3-2-8-20(10-12)9-11-4-6-13(17)7-5-11/h4-7,12H,2-3,8-10H2,1H3,(H2,18,19,21,22). The molecule has 0 saturated carbocycles. The fourth-order valence-electron chi connectivity index (χ4n) is 3.36. The zero-order valence-corrected chi connectivity index (χ0v) is 12.6. The van der Waals surface area contributed by atoms with Gasteiger partial charge >= 0.3 is 6.03 Å². The first-order chi connectivity index (χ1) is 10.5. The minimum Gasteiger partial charge on any atom is -0.323 e. The average Bonchev–Trinajstić information content (AvgIpc) is 2.76. The number of urea groups is 1. The molecule has 2 atom stereocenters. The number of hydrogen-bond acceptors (Lipinski definition) is 3. The van der Waals surface area contributed by atoms with Crippen LogP contribution in [0.3, 0.4) is 0 Å². The van der Waals surface area contributed by atoms with Gasteiger partial charge in [0, 0.05) is 19.0 Å². The van der Waals surface area contributed by atoms with Crippen molar-refractivity contribution in [2.24, 2.45) is 5.92 Å². The highest BCUT2D eigenvalue weighted by Gasteiger charge is 2.48. The molecule has 0 aromatic heterocycles. The van der Waals surface area contributed by atoms with Crippen molar-refractivity contribution in [1.82, 2.24) is 15.5 Å². The molecular formula is C16H20FN3O2. The first-order valence-electron chi connectivity index (χ1n) is 7.58. The van der Waals surface area contributed by atoms with Crippen LogP contribution < -0.4 is 10.6 Å². The summed E-state index contributed by atoms with van der Waals surface area (Å²) < 4.78 is 13.0. The Kier molecular flexibility index (Phi) is 3.87. The number of amides is 3. The van der Waals surface area contributed by atoms with Gasteiger partial charge in [-0.1, -0.05) is 12.1 Å². The first kappa shape index (κ1) is 15.0. The molecule has 5 nitrogen and oxygen atoms in total. The fourth-order valence-corrected chi connectivity index (χ4v) is 3.36. The lowest BCUT2D eigenvalue weighted by Crippen LogP contribution is -2.55. The number of carbonyl (C=O) groups excluding carboxylic acids is 2. The van der Waals surface area contributed by atoms with Crippen molar-refractivity contribution in [1.29, 1.82) is 0 Å². The summed E-state index contributed by atoms with van der Waals surface area (Å²) in [5.41, 5.74) is 0.213. The second-order valence-electron chi connectivity index (χ2n) is 6.31. The number of halogens is 1. The van der Waals surface area contributed by atoms with Crippen molar-refractivity contribution in [3.63, 3.8) is 0 Å². The van der Waals surface area contributed by atoms with Crippen molar-refractivity contribution < 1.29 is 14.0 Å². The highest BCUT2D eigenvalue weighted by atomic mass is 19.1. The molecule has 6 heteroatoms. The third-order valence-corrected chi connectivity index (χ3v) is 4.71. The van der Waals surface area contributed by atoms with E-state index in [9.17, 15) is 14.0 Å². The number of benzene rings is 1. The minimum atomic E-state index is -0.835. The molecule has 0 spiro atoms. The summed E-state index contributed by atoms with van der Waals surface area (Å²) in [5, 5.41) is 5.09. The Bertz CT molecular complexity index is 590. The molecule has 1 aromatic carbocycles. The van der Waals surface area contributed by atoms with Crippen LogP contribution in [-0.2, 0) is 11.3 Å². The van der Waals surface area contributed by atoms with Crippen molar-refractivity contribution >= 4 is 11.9 Å². The van der Waals surface area contributed by atoms with Gasteiger partial charge in [-0.25, -0.2) is 9.18 Å². The van der Waals surface area contributed by atoms with Crippen LogP contribution in [0.2, 0.25) is 0 Å². The molecular weight excluding hydrogens is 285 g/mol. The Hall–Kier alpha value is -1.95. The third kappa shape index (κ3) is 2.83. The molecule has 2 N–H and O–H groups in total. The third-order valence-electron chi connectivity index (χ3n) is 4.71. The Morgan fingerprint density at radius 2 is 2.05 bits per heavy atom. The molecule has 2 heterocycles. The van der Waals surface area contributed by atoms with Crippen LogP contribution >= 0.6 is 0 Å². The molecule has 3 rings (SSSR count). The number of nitrogens with zero attached hydrogens (tertiary/aromatic N) is 1. The van der Waals surface area contributed by atoms with Crippen molar-refractivity contribution in [2.45, 2.75) is 31.8 Å². The lowest BCUT2D eigenvalue weighted by molar-refractivity contribution is -0.126. The Morgan fingerprint density at radius 1 is 1.32 bits per heavy atom. The van der Waals surface area contributed by atoms with Crippen LogP contribution in [0.1, 0.15) is 25.3 Å². The molecule has 2 aliphatic rings. The number of carbonyl (C=O) groups is 2. The van der Waals surface area contributed by atoms with E-state index in [4.69, 9.17) is 0 Å². The van der Waals surface area contributed by atoms with Gasteiger partial charge in [-0.15, -0.1) is 0 Å². The van der Waals surface area contributed by atoms with E-state index in [0.717, 1.165) is 38.0 Å². The van der Waals surface area contributed by atoms with Crippen LogP contribution in [0.25, 0.3) is 0 Å². The topological polar surface area (TPSA) is 61.4 Å². The van der Waals surface area contributed by atoms with Crippen molar-refractivity contribution in [2.75, 3.05) is 13.1 Å². The van der Waals surface area contributed by atoms with Crippen LogP contribution in [0.5, 0.6) is 0 Å². The minimum absolute atomic E-state index is 0.0770. The van der Waals surface area contributed by atoms with E-state index in [-0.39, 0.29) is 17.6 Å². The first-order valence-corrected chi connectivity index (χ1v) is 7.58. The summed E-state index contributed by atoms with van der Waals surface area (Å²) in [7, 11) is 0. The summed E-state index contributed by atoms with van der Waals surface area (Å²) >= 11 is 0. The maximum Gasteiger partial charge on any atom is 0.322 e. The van der Waals surface area contributed by atoms with Gasteiger partial charge in [-0.2, -0.15) is 0 Å². The van der Waals surface area contributed by atoms with Crippen LogP contribution in [0, 0.1) is 11.7 Å². The van der Waals surface area contributed by atoms with E-state index < -0.39 is 11.6 Å². The monoisotopic (exact) mass is 305 g/mol. The lowest BCUT2D eigenvalue weighted by Gasteiger charge is -2.39. The van der Waals surface area contributed by atoms with Crippen LogP contribution in [0.15, 0.2) is 24.3 Å². The van der Waals surface area contributed by atoms with Crippen molar-refractivity contribution in [3.05, 3.63) is 35.6 Å². The maximum absolute atomic E-state index is 13.0. The molecule has 0 radical (unpaired) electrons. The number of rotatable bonds is 3. The van der Waals surface area contributed by atoms with Gasteiger partial charge in [0.2, 0.25) is 0 Å². The second kappa shape index (κ2) is 5.68. The largest absolute Gasteiger partial charge is 0.323 e. The summed E-state index contributed by atoms with van der Waals surface area (Å²) in [5.74, 6) is -0.405. The molecule has 2 unspecified atom stereocenters. The molecule has 2 fully saturated rings. The van der Waals surface area contributed by atoms with Gasteiger partial charge in [0.15, 0.2) is 0 Å². The van der Waals surface area contributed by atoms with E-state index >= 15 is 0 Å². The summed E-state index contributed by atoms with van der Waals surface area (Å²) in [6, 6.07) is 6.07. The predicted molar refractivity (Wildman–Crippen MR) is 79.5 cm³/mol. The van der Waals surface area contributed by atoms with Gasteiger partial charge in [0.05, 0.1) is 0 Å². The molecule has 22 heavy (non-hydrogen) atoms.